The predicted molar refractivity (Wildman–Crippen MR) is 143 cm³/mol. The van der Waals surface area contributed by atoms with E-state index in [1.165, 1.54) is 4.68 Å². The van der Waals surface area contributed by atoms with Crippen molar-refractivity contribution in [2.24, 2.45) is 5.10 Å². The molecule has 0 unspecified atom stereocenters. The molecule has 8 heteroatoms. The van der Waals surface area contributed by atoms with Crippen molar-refractivity contribution in [1.29, 1.82) is 0 Å². The molecule has 0 fully saturated rings. The van der Waals surface area contributed by atoms with Crippen LogP contribution >= 0.6 is 39.1 Å². The average molecular weight is 559 g/mol. The fraction of sp³-hybridized carbons (Fsp3) is 0.192. The highest BCUT2D eigenvalue weighted by Gasteiger charge is 2.22. The maximum Gasteiger partial charge on any atom is 0.282 e. The molecule has 174 valence electrons. The van der Waals surface area contributed by atoms with Gasteiger partial charge in [0.25, 0.3) is 5.56 Å². The number of rotatable bonds is 5. The highest BCUT2D eigenvalue weighted by Crippen LogP contribution is 2.24. The molecule has 0 radical (unpaired) electrons. The third-order valence-electron chi connectivity index (χ3n) is 5.09. The summed E-state index contributed by atoms with van der Waals surface area (Å²) in [6, 6.07) is 18.2. The number of hydrogen-bond acceptors (Lipinski definition) is 4. The summed E-state index contributed by atoms with van der Waals surface area (Å²) in [6.45, 7) is 6.34. The molecule has 1 heterocycles. The lowest BCUT2D eigenvalue weighted by Crippen LogP contribution is -2.29. The van der Waals surface area contributed by atoms with Gasteiger partial charge in [-0.15, -0.1) is 0 Å². The Morgan fingerprint density at radius 3 is 2.47 bits per heavy atom. The predicted octanol–water partition coefficient (Wildman–Crippen LogP) is 7.22. The summed E-state index contributed by atoms with van der Waals surface area (Å²) < 4.78 is 8.02. The number of ether oxygens (including phenoxy) is 1. The third-order valence-corrected chi connectivity index (χ3v) is 6.17. The largest absolute Gasteiger partial charge is 0.489 e. The molecule has 34 heavy (non-hydrogen) atoms. The van der Waals surface area contributed by atoms with E-state index in [2.05, 4.69) is 21.0 Å². The van der Waals surface area contributed by atoms with Crippen molar-refractivity contribution >= 4 is 56.2 Å². The minimum absolute atomic E-state index is 0.215. The molecule has 5 nitrogen and oxygen atoms in total. The zero-order valence-electron chi connectivity index (χ0n) is 18.8. The highest BCUT2D eigenvalue weighted by atomic mass is 79.9. The van der Waals surface area contributed by atoms with E-state index in [0.29, 0.717) is 39.1 Å². The Kier molecular flexibility index (Phi) is 7.12. The molecule has 4 aromatic rings. The molecule has 0 aliphatic rings. The highest BCUT2D eigenvalue weighted by molar-refractivity contribution is 9.10. The van der Waals surface area contributed by atoms with Crippen LogP contribution < -0.4 is 10.3 Å². The van der Waals surface area contributed by atoms with Crippen LogP contribution in [0, 0.1) is 0 Å². The molecule has 0 atom stereocenters. The van der Waals surface area contributed by atoms with Crippen molar-refractivity contribution in [1.82, 2.24) is 9.66 Å². The number of benzene rings is 3. The fourth-order valence-corrected chi connectivity index (χ4v) is 4.14. The molecule has 4 rings (SSSR count). The van der Waals surface area contributed by atoms with Gasteiger partial charge in [-0.05, 0) is 60.2 Å². The lowest BCUT2D eigenvalue weighted by Gasteiger charge is -2.20. The van der Waals surface area contributed by atoms with Crippen molar-refractivity contribution < 1.29 is 4.74 Å². The molecule has 0 saturated heterocycles. The Hall–Kier alpha value is -2.67. The number of halogens is 3. The molecule has 1 aromatic heterocycles. The van der Waals surface area contributed by atoms with Crippen LogP contribution in [0.4, 0.5) is 0 Å². The zero-order valence-corrected chi connectivity index (χ0v) is 21.9. The van der Waals surface area contributed by atoms with E-state index in [0.717, 1.165) is 15.6 Å². The Morgan fingerprint density at radius 1 is 1.06 bits per heavy atom. The summed E-state index contributed by atoms with van der Waals surface area (Å²) in [7, 11) is 0. The monoisotopic (exact) mass is 557 g/mol. The lowest BCUT2D eigenvalue weighted by atomic mass is 9.95. The van der Waals surface area contributed by atoms with Gasteiger partial charge in [0.05, 0.1) is 17.1 Å². The summed E-state index contributed by atoms with van der Waals surface area (Å²) in [5, 5.41) is 6.15. The Morgan fingerprint density at radius 2 is 1.79 bits per heavy atom. The van der Waals surface area contributed by atoms with E-state index >= 15 is 0 Å². The molecule has 0 saturated carbocycles. The fourth-order valence-electron chi connectivity index (χ4n) is 3.32. The second kappa shape index (κ2) is 9.90. The quantitative estimate of drug-likeness (QED) is 0.243. The Balaban J connectivity index is 1.59. The Bertz CT molecular complexity index is 1440. The van der Waals surface area contributed by atoms with Crippen LogP contribution in [0.5, 0.6) is 5.75 Å². The van der Waals surface area contributed by atoms with Crippen molar-refractivity contribution in [3.63, 3.8) is 0 Å². The molecular weight excluding hydrogens is 537 g/mol. The average Bonchev–Trinajstić information content (AvgIpc) is 2.78. The van der Waals surface area contributed by atoms with Crippen LogP contribution in [0.3, 0.4) is 0 Å². The Labute approximate surface area is 216 Å². The first kappa shape index (κ1) is 24.5. The van der Waals surface area contributed by atoms with Crippen LogP contribution in [0.1, 0.15) is 37.7 Å². The summed E-state index contributed by atoms with van der Waals surface area (Å²) in [5.74, 6) is 1.27. The number of nitrogens with zero attached hydrogens (tertiary/aromatic N) is 3. The van der Waals surface area contributed by atoms with Gasteiger partial charge in [-0.1, -0.05) is 66.0 Å². The second-order valence-corrected chi connectivity index (χ2v) is 10.6. The van der Waals surface area contributed by atoms with Crippen molar-refractivity contribution in [3.05, 3.63) is 102 Å². The molecule has 3 aromatic carbocycles. The molecular formula is C26H22BrCl2N3O2. The van der Waals surface area contributed by atoms with Crippen LogP contribution in [-0.2, 0) is 12.0 Å². The number of fused-ring (bicyclic) bond motifs is 1. The van der Waals surface area contributed by atoms with Gasteiger partial charge < -0.3 is 4.74 Å². The first-order valence-corrected chi connectivity index (χ1v) is 12.1. The van der Waals surface area contributed by atoms with Gasteiger partial charge in [-0.3, -0.25) is 4.79 Å². The summed E-state index contributed by atoms with van der Waals surface area (Å²) in [4.78, 5) is 18.0. The first-order chi connectivity index (χ1) is 16.1. The maximum absolute atomic E-state index is 13.2. The minimum atomic E-state index is -0.377. The number of aromatic nitrogens is 2. The molecule has 0 spiro atoms. The van der Waals surface area contributed by atoms with Crippen molar-refractivity contribution in [3.8, 4) is 5.75 Å². The summed E-state index contributed by atoms with van der Waals surface area (Å²) in [5.41, 5.74) is 1.72. The van der Waals surface area contributed by atoms with Gasteiger partial charge in [0.1, 0.15) is 18.2 Å². The van der Waals surface area contributed by atoms with E-state index in [1.807, 2.05) is 63.2 Å². The van der Waals surface area contributed by atoms with Crippen LogP contribution in [0.25, 0.3) is 10.9 Å². The van der Waals surface area contributed by atoms with E-state index in [9.17, 15) is 4.79 Å². The van der Waals surface area contributed by atoms with E-state index in [4.69, 9.17) is 32.9 Å². The molecule has 0 amide bonds. The van der Waals surface area contributed by atoms with Crippen LogP contribution in [0.2, 0.25) is 10.0 Å². The van der Waals surface area contributed by atoms with Crippen molar-refractivity contribution in [2.75, 3.05) is 0 Å². The summed E-state index contributed by atoms with van der Waals surface area (Å²) in [6.07, 6.45) is 1.64. The molecule has 0 aliphatic heterocycles. The van der Waals surface area contributed by atoms with Gasteiger partial charge >= 0.3 is 0 Å². The van der Waals surface area contributed by atoms with E-state index in [1.54, 1.807) is 24.4 Å². The van der Waals surface area contributed by atoms with Crippen LogP contribution in [0.15, 0.2) is 75.0 Å². The minimum Gasteiger partial charge on any atom is -0.489 e. The molecule has 0 bridgehead atoms. The maximum atomic E-state index is 13.2. The van der Waals surface area contributed by atoms with Crippen molar-refractivity contribution in [2.45, 2.75) is 32.8 Å². The van der Waals surface area contributed by atoms with Gasteiger partial charge in [0, 0.05) is 25.5 Å². The van der Waals surface area contributed by atoms with Gasteiger partial charge in [-0.25, -0.2) is 4.98 Å². The normalized spacial score (nSPS) is 11.9. The smallest absolute Gasteiger partial charge is 0.282 e. The number of hydrogen-bond donors (Lipinski definition) is 0. The van der Waals surface area contributed by atoms with E-state index < -0.39 is 0 Å². The summed E-state index contributed by atoms with van der Waals surface area (Å²) >= 11 is 15.6. The third kappa shape index (κ3) is 5.52. The standard InChI is InChI=1S/C26H22BrCl2N3O2/c1-26(2,3)25-31-23-11-7-18(27)12-21(23)24(33)32(25)30-14-16-4-9-20(10-5-16)34-15-17-6-8-19(28)13-22(17)29/h4-14H,15H2,1-3H3. The van der Waals surface area contributed by atoms with Crippen LogP contribution in [-0.4, -0.2) is 15.9 Å². The molecule has 0 N–H and O–H groups in total. The zero-order chi connectivity index (χ0) is 24.5. The molecule has 0 aliphatic carbocycles. The topological polar surface area (TPSA) is 56.5 Å². The van der Waals surface area contributed by atoms with Gasteiger partial charge in [0.15, 0.2) is 0 Å². The van der Waals surface area contributed by atoms with Gasteiger partial charge in [0.2, 0.25) is 0 Å². The first-order valence-electron chi connectivity index (χ1n) is 10.6. The van der Waals surface area contributed by atoms with Gasteiger partial charge in [-0.2, -0.15) is 9.78 Å². The SMILES string of the molecule is CC(C)(C)c1nc2ccc(Br)cc2c(=O)n1N=Cc1ccc(OCc2ccc(Cl)cc2Cl)cc1. The lowest BCUT2D eigenvalue weighted by molar-refractivity contribution is 0.306. The van der Waals surface area contributed by atoms with E-state index in [-0.39, 0.29) is 11.0 Å². The second-order valence-electron chi connectivity index (χ2n) is 8.80.